The zero-order valence-electron chi connectivity index (χ0n) is 17.9. The zero-order chi connectivity index (χ0) is 22.5. The van der Waals surface area contributed by atoms with Crippen molar-refractivity contribution >= 4 is 28.9 Å². The number of anilines is 2. The molecule has 2 heterocycles. The van der Waals surface area contributed by atoms with E-state index >= 15 is 0 Å². The first-order valence-corrected chi connectivity index (χ1v) is 11.0. The number of para-hydroxylation sites is 1. The number of carbonyl (C=O) groups excluding carboxylic acids is 1. The number of halogens is 1. The summed E-state index contributed by atoms with van der Waals surface area (Å²) in [7, 11) is 1.77. The Bertz CT molecular complexity index is 1080. The molecule has 1 amide bonds. The number of carbonyl (C=O) groups is 1. The third-order valence-electron chi connectivity index (χ3n) is 5.64. The maximum atomic E-state index is 13.0. The Labute approximate surface area is 193 Å². The van der Waals surface area contributed by atoms with E-state index in [2.05, 4.69) is 9.88 Å². The van der Waals surface area contributed by atoms with Crippen LogP contribution < -0.4 is 14.5 Å². The molecule has 2 aromatic carbocycles. The lowest BCUT2D eigenvalue weighted by Crippen LogP contribution is -2.28. The number of benzene rings is 2. The van der Waals surface area contributed by atoms with Crippen LogP contribution in [-0.2, 0) is 6.42 Å². The van der Waals surface area contributed by atoms with E-state index in [0.717, 1.165) is 29.9 Å². The minimum Gasteiger partial charge on any atom is -0.471 e. The van der Waals surface area contributed by atoms with Crippen molar-refractivity contribution in [2.75, 3.05) is 36.5 Å². The van der Waals surface area contributed by atoms with Crippen LogP contribution in [0.25, 0.3) is 0 Å². The number of amides is 1. The Morgan fingerprint density at radius 3 is 2.78 bits per heavy atom. The first-order chi connectivity index (χ1) is 15.6. The van der Waals surface area contributed by atoms with Crippen molar-refractivity contribution in [2.24, 2.45) is 0 Å². The third kappa shape index (κ3) is 4.87. The van der Waals surface area contributed by atoms with Gasteiger partial charge in [0.25, 0.3) is 5.91 Å². The molecule has 32 heavy (non-hydrogen) atoms. The highest BCUT2D eigenvalue weighted by Gasteiger charge is 2.27. The van der Waals surface area contributed by atoms with E-state index in [9.17, 15) is 9.90 Å². The molecule has 1 saturated heterocycles. The molecule has 1 fully saturated rings. The summed E-state index contributed by atoms with van der Waals surface area (Å²) in [4.78, 5) is 21.1. The fourth-order valence-corrected chi connectivity index (χ4v) is 4.14. The molecule has 0 saturated carbocycles. The number of aromatic nitrogens is 1. The highest BCUT2D eigenvalue weighted by Crippen LogP contribution is 2.30. The molecule has 1 aliphatic heterocycles. The van der Waals surface area contributed by atoms with E-state index in [4.69, 9.17) is 16.3 Å². The fraction of sp³-hybridized carbons (Fsp3) is 0.280. The summed E-state index contributed by atoms with van der Waals surface area (Å²) >= 11 is 6.17. The smallest absolute Gasteiger partial charge is 0.258 e. The fourth-order valence-electron chi connectivity index (χ4n) is 3.97. The van der Waals surface area contributed by atoms with E-state index in [1.807, 2.05) is 48.5 Å². The molecule has 0 bridgehead atoms. The van der Waals surface area contributed by atoms with E-state index in [1.165, 1.54) is 0 Å². The Morgan fingerprint density at radius 1 is 1.22 bits per heavy atom. The van der Waals surface area contributed by atoms with Gasteiger partial charge in [0.2, 0.25) is 5.88 Å². The van der Waals surface area contributed by atoms with E-state index in [0.29, 0.717) is 29.4 Å². The van der Waals surface area contributed by atoms with Gasteiger partial charge < -0.3 is 19.6 Å². The molecule has 3 aromatic rings. The van der Waals surface area contributed by atoms with Gasteiger partial charge in [-0.05, 0) is 54.4 Å². The predicted octanol–water partition coefficient (Wildman–Crippen LogP) is 4.20. The second-order valence-electron chi connectivity index (χ2n) is 7.78. The first kappa shape index (κ1) is 22.1. The van der Waals surface area contributed by atoms with E-state index in [-0.39, 0.29) is 18.6 Å². The highest BCUT2D eigenvalue weighted by molar-refractivity contribution is 6.31. The van der Waals surface area contributed by atoms with Crippen LogP contribution in [0.5, 0.6) is 5.88 Å². The minimum absolute atomic E-state index is 0.0104. The molecule has 0 radical (unpaired) electrons. The molecule has 1 aromatic heterocycles. The SMILES string of the molecule is CN(C(=O)c1ccc(N2CCC(Oc3ncccc3Cl)C2)c(CCO)c1)c1ccccc1. The van der Waals surface area contributed by atoms with Crippen molar-refractivity contribution in [1.82, 2.24) is 4.98 Å². The molecule has 4 rings (SSSR count). The minimum atomic E-state index is -0.0886. The van der Waals surface area contributed by atoms with Gasteiger partial charge in [-0.25, -0.2) is 4.98 Å². The third-order valence-corrected chi connectivity index (χ3v) is 5.93. The Hall–Kier alpha value is -3.09. The highest BCUT2D eigenvalue weighted by atomic mass is 35.5. The average molecular weight is 452 g/mol. The largest absolute Gasteiger partial charge is 0.471 e. The van der Waals surface area contributed by atoms with E-state index in [1.54, 1.807) is 30.3 Å². The normalized spacial score (nSPS) is 15.6. The summed E-state index contributed by atoms with van der Waals surface area (Å²) in [5.41, 5.74) is 3.38. The van der Waals surface area contributed by atoms with Gasteiger partial charge in [0, 0.05) is 49.8 Å². The average Bonchev–Trinajstić information content (AvgIpc) is 3.28. The van der Waals surface area contributed by atoms with Crippen LogP contribution in [0.4, 0.5) is 11.4 Å². The molecule has 6 nitrogen and oxygen atoms in total. The predicted molar refractivity (Wildman–Crippen MR) is 127 cm³/mol. The standard InChI is InChI=1S/C25H26ClN3O3/c1-28(20-6-3-2-4-7-20)25(31)19-9-10-23(18(16-19)12-15-30)29-14-11-21(17-29)32-24-22(26)8-5-13-27-24/h2-10,13,16,21,30H,11-12,14-15,17H2,1H3. The number of nitrogens with zero attached hydrogens (tertiary/aromatic N) is 3. The molecule has 1 unspecified atom stereocenters. The van der Waals surface area contributed by atoms with Crippen LogP contribution in [0.1, 0.15) is 22.3 Å². The topological polar surface area (TPSA) is 65.9 Å². The maximum absolute atomic E-state index is 13.0. The van der Waals surface area contributed by atoms with Crippen molar-refractivity contribution < 1.29 is 14.6 Å². The van der Waals surface area contributed by atoms with Gasteiger partial charge in [-0.1, -0.05) is 29.8 Å². The Balaban J connectivity index is 1.51. The van der Waals surface area contributed by atoms with Gasteiger partial charge >= 0.3 is 0 Å². The molecule has 166 valence electrons. The maximum Gasteiger partial charge on any atom is 0.258 e. The molecule has 0 aliphatic carbocycles. The van der Waals surface area contributed by atoms with Crippen LogP contribution in [0, 0.1) is 0 Å². The molecular formula is C25H26ClN3O3. The Kier molecular flexibility index (Phi) is 6.93. The number of aliphatic hydroxyl groups excluding tert-OH is 1. The number of pyridine rings is 1. The summed E-state index contributed by atoms with van der Waals surface area (Å²) in [5, 5.41) is 10.1. The lowest BCUT2D eigenvalue weighted by atomic mass is 10.0. The van der Waals surface area contributed by atoms with Crippen LogP contribution >= 0.6 is 11.6 Å². The molecule has 1 atom stereocenters. The van der Waals surface area contributed by atoms with Crippen molar-refractivity contribution in [1.29, 1.82) is 0 Å². The Morgan fingerprint density at radius 2 is 2.03 bits per heavy atom. The summed E-state index contributed by atoms with van der Waals surface area (Å²) in [5.74, 6) is 0.357. The van der Waals surface area contributed by atoms with Crippen molar-refractivity contribution in [2.45, 2.75) is 18.9 Å². The summed E-state index contributed by atoms with van der Waals surface area (Å²) in [6.45, 7) is 1.50. The van der Waals surface area contributed by atoms with Gasteiger partial charge in [0.15, 0.2) is 0 Å². The lowest BCUT2D eigenvalue weighted by Gasteiger charge is -2.24. The first-order valence-electron chi connectivity index (χ1n) is 10.7. The molecule has 0 spiro atoms. The number of ether oxygens (including phenoxy) is 1. The van der Waals surface area contributed by atoms with E-state index < -0.39 is 0 Å². The van der Waals surface area contributed by atoms with Gasteiger partial charge in [-0.15, -0.1) is 0 Å². The van der Waals surface area contributed by atoms with Crippen molar-refractivity contribution in [3.63, 3.8) is 0 Å². The monoisotopic (exact) mass is 451 g/mol. The second-order valence-corrected chi connectivity index (χ2v) is 8.19. The van der Waals surface area contributed by atoms with Crippen LogP contribution in [0.2, 0.25) is 5.02 Å². The number of hydrogen-bond donors (Lipinski definition) is 1. The van der Waals surface area contributed by atoms with Crippen LogP contribution in [0.3, 0.4) is 0 Å². The van der Waals surface area contributed by atoms with Crippen molar-refractivity contribution in [3.05, 3.63) is 83.0 Å². The molecular weight excluding hydrogens is 426 g/mol. The molecule has 1 aliphatic rings. The van der Waals surface area contributed by atoms with Gasteiger partial charge in [-0.2, -0.15) is 0 Å². The summed E-state index contributed by atoms with van der Waals surface area (Å²) in [6, 6.07) is 18.8. The zero-order valence-corrected chi connectivity index (χ0v) is 18.7. The van der Waals surface area contributed by atoms with Crippen LogP contribution in [-0.4, -0.2) is 48.8 Å². The summed E-state index contributed by atoms with van der Waals surface area (Å²) in [6.07, 6.45) is 2.94. The molecule has 1 N–H and O–H groups in total. The molecule has 7 heteroatoms. The summed E-state index contributed by atoms with van der Waals surface area (Å²) < 4.78 is 6.01. The second kappa shape index (κ2) is 10.0. The number of aliphatic hydroxyl groups is 1. The quantitative estimate of drug-likeness (QED) is 0.583. The van der Waals surface area contributed by atoms with Gasteiger partial charge in [0.1, 0.15) is 11.1 Å². The van der Waals surface area contributed by atoms with Gasteiger partial charge in [-0.3, -0.25) is 4.79 Å². The number of rotatable bonds is 7. The number of hydrogen-bond acceptors (Lipinski definition) is 5. The lowest BCUT2D eigenvalue weighted by molar-refractivity contribution is 0.0993. The van der Waals surface area contributed by atoms with Crippen LogP contribution in [0.15, 0.2) is 66.9 Å². The van der Waals surface area contributed by atoms with Crippen molar-refractivity contribution in [3.8, 4) is 5.88 Å². The van der Waals surface area contributed by atoms with Gasteiger partial charge in [0.05, 0.1) is 6.54 Å².